The molecule has 1 amide bonds. The highest BCUT2D eigenvalue weighted by Crippen LogP contribution is 2.04. The fourth-order valence-corrected chi connectivity index (χ4v) is 1.84. The van der Waals surface area contributed by atoms with E-state index in [1.54, 1.807) is 7.11 Å². The normalized spacial score (nSPS) is 10.8. The number of carbonyl (C=O) groups excluding carboxylic acids is 1. The molecule has 0 aliphatic heterocycles. The number of pyridine rings is 1. The van der Waals surface area contributed by atoms with E-state index >= 15 is 0 Å². The Hall–Kier alpha value is -2.52. The van der Waals surface area contributed by atoms with E-state index in [0.29, 0.717) is 26.2 Å². The molecule has 2 aromatic rings. The minimum absolute atomic E-state index is 0.145. The number of amides is 1. The number of hydrogen-bond acceptors (Lipinski definition) is 6. The van der Waals surface area contributed by atoms with Crippen LogP contribution < -0.4 is 21.9 Å². The molecule has 0 saturated carbocycles. The Balaban J connectivity index is 2.00. The highest BCUT2D eigenvalue weighted by atomic mass is 16.5. The molecule has 2 rings (SSSR count). The van der Waals surface area contributed by atoms with E-state index in [2.05, 4.69) is 25.6 Å². The predicted octanol–water partition coefficient (Wildman–Crippen LogP) is -1.42. The zero-order valence-corrected chi connectivity index (χ0v) is 12.1. The van der Waals surface area contributed by atoms with Crippen LogP contribution in [0.15, 0.2) is 21.9 Å². The van der Waals surface area contributed by atoms with Gasteiger partial charge in [0.25, 0.3) is 11.5 Å². The Morgan fingerprint density at radius 3 is 2.86 bits per heavy atom. The van der Waals surface area contributed by atoms with Crippen molar-refractivity contribution in [3.05, 3.63) is 38.7 Å². The molecule has 0 atom stereocenters. The first kappa shape index (κ1) is 15.9. The minimum atomic E-state index is -0.635. The van der Waals surface area contributed by atoms with Crippen LogP contribution in [-0.2, 0) is 4.74 Å². The molecule has 0 unspecified atom stereocenters. The lowest BCUT2D eigenvalue weighted by Gasteiger charge is -2.06. The quantitative estimate of drug-likeness (QED) is 0.465. The van der Waals surface area contributed by atoms with Gasteiger partial charge in [-0.2, -0.15) is 0 Å². The predicted molar refractivity (Wildman–Crippen MR) is 80.1 cm³/mol. The van der Waals surface area contributed by atoms with Crippen molar-refractivity contribution in [1.82, 2.24) is 25.6 Å². The highest BCUT2D eigenvalue weighted by Gasteiger charge is 2.09. The van der Waals surface area contributed by atoms with Crippen molar-refractivity contribution in [2.24, 2.45) is 0 Å². The van der Waals surface area contributed by atoms with Crippen LogP contribution in [0, 0.1) is 0 Å². The molecular formula is C13H17N5O4. The molecule has 2 heterocycles. The fraction of sp³-hybridized carbons (Fsp3) is 0.385. The summed E-state index contributed by atoms with van der Waals surface area (Å²) in [6, 6.07) is 1.39. The third-order valence-electron chi connectivity index (χ3n) is 2.92. The van der Waals surface area contributed by atoms with Crippen molar-refractivity contribution < 1.29 is 9.53 Å². The number of methoxy groups -OCH3 is 1. The van der Waals surface area contributed by atoms with Crippen LogP contribution in [0.1, 0.15) is 10.4 Å². The van der Waals surface area contributed by atoms with Crippen LogP contribution in [0.5, 0.6) is 0 Å². The van der Waals surface area contributed by atoms with Crippen LogP contribution in [0.4, 0.5) is 0 Å². The number of rotatable bonds is 7. The molecule has 4 N–H and O–H groups in total. The number of nitrogens with zero attached hydrogens (tertiary/aromatic N) is 1. The second kappa shape index (κ2) is 7.48. The summed E-state index contributed by atoms with van der Waals surface area (Å²) in [6.45, 7) is 2.34. The Morgan fingerprint density at radius 1 is 1.27 bits per heavy atom. The van der Waals surface area contributed by atoms with E-state index in [1.807, 2.05) is 0 Å². The van der Waals surface area contributed by atoms with E-state index in [1.165, 1.54) is 12.3 Å². The van der Waals surface area contributed by atoms with Gasteiger partial charge >= 0.3 is 5.69 Å². The number of aromatic amines is 2. The standard InChI is InChI=1S/C13H17N5O4/c1-22-5-4-14-2-3-15-11(19)8-6-9-10(16-7-8)17-13(21)18-12(9)20/h6-7,14H,2-5H2,1H3,(H,15,19)(H2,16,17,18,20,21). The second-order valence-electron chi connectivity index (χ2n) is 4.53. The minimum Gasteiger partial charge on any atom is -0.383 e. The van der Waals surface area contributed by atoms with Gasteiger partial charge < -0.3 is 15.4 Å². The largest absolute Gasteiger partial charge is 0.383 e. The number of H-pyrrole nitrogens is 2. The van der Waals surface area contributed by atoms with Gasteiger partial charge in [0.1, 0.15) is 5.65 Å². The molecule has 0 fully saturated rings. The van der Waals surface area contributed by atoms with Gasteiger partial charge in [0, 0.05) is 32.9 Å². The maximum atomic E-state index is 12.0. The highest BCUT2D eigenvalue weighted by molar-refractivity contribution is 5.96. The fourth-order valence-electron chi connectivity index (χ4n) is 1.84. The summed E-state index contributed by atoms with van der Waals surface area (Å²) in [5.41, 5.74) is -0.820. The summed E-state index contributed by atoms with van der Waals surface area (Å²) in [4.78, 5) is 43.2. The summed E-state index contributed by atoms with van der Waals surface area (Å²) < 4.78 is 4.88. The molecule has 0 aliphatic rings. The first-order valence-electron chi connectivity index (χ1n) is 6.72. The third-order valence-corrected chi connectivity index (χ3v) is 2.92. The second-order valence-corrected chi connectivity index (χ2v) is 4.53. The molecule has 0 aliphatic carbocycles. The summed E-state index contributed by atoms with van der Waals surface area (Å²) >= 11 is 0. The lowest BCUT2D eigenvalue weighted by Crippen LogP contribution is -2.33. The van der Waals surface area contributed by atoms with Gasteiger partial charge in [0.15, 0.2) is 0 Å². The first-order valence-corrected chi connectivity index (χ1v) is 6.72. The van der Waals surface area contributed by atoms with Crippen LogP contribution >= 0.6 is 0 Å². The van der Waals surface area contributed by atoms with Gasteiger partial charge in [0.2, 0.25) is 0 Å². The lowest BCUT2D eigenvalue weighted by atomic mass is 10.2. The molecule has 0 bridgehead atoms. The third kappa shape index (κ3) is 3.99. The van der Waals surface area contributed by atoms with Gasteiger partial charge in [-0.05, 0) is 6.07 Å². The Morgan fingerprint density at radius 2 is 2.09 bits per heavy atom. The molecule has 0 radical (unpaired) electrons. The molecule has 118 valence electrons. The van der Waals surface area contributed by atoms with E-state index in [9.17, 15) is 14.4 Å². The number of nitrogens with one attached hydrogen (secondary N) is 4. The summed E-state index contributed by atoms with van der Waals surface area (Å²) in [5.74, 6) is -0.339. The number of fused-ring (bicyclic) bond motifs is 1. The van der Waals surface area contributed by atoms with E-state index in [4.69, 9.17) is 4.74 Å². The van der Waals surface area contributed by atoms with Crippen LogP contribution in [0.25, 0.3) is 11.0 Å². The van der Waals surface area contributed by atoms with E-state index < -0.39 is 11.2 Å². The molecule has 22 heavy (non-hydrogen) atoms. The molecule has 0 spiro atoms. The Kier molecular flexibility index (Phi) is 5.39. The van der Waals surface area contributed by atoms with Crippen LogP contribution in [0.2, 0.25) is 0 Å². The molecular weight excluding hydrogens is 290 g/mol. The van der Waals surface area contributed by atoms with Gasteiger partial charge in [-0.1, -0.05) is 0 Å². The van der Waals surface area contributed by atoms with Crippen molar-refractivity contribution in [2.45, 2.75) is 0 Å². The van der Waals surface area contributed by atoms with Crippen molar-refractivity contribution in [3.8, 4) is 0 Å². The smallest absolute Gasteiger partial charge is 0.327 e. The zero-order valence-electron chi connectivity index (χ0n) is 12.1. The van der Waals surface area contributed by atoms with Crippen LogP contribution in [0.3, 0.4) is 0 Å². The van der Waals surface area contributed by atoms with Gasteiger partial charge in [0.05, 0.1) is 17.6 Å². The van der Waals surface area contributed by atoms with Gasteiger partial charge in [-0.25, -0.2) is 9.78 Å². The summed E-state index contributed by atoms with van der Waals surface area (Å²) in [7, 11) is 1.62. The molecule has 9 heteroatoms. The Labute approximate surface area is 125 Å². The van der Waals surface area contributed by atoms with Gasteiger partial charge in [-0.15, -0.1) is 0 Å². The molecule has 0 saturated heterocycles. The summed E-state index contributed by atoms with van der Waals surface area (Å²) in [5, 5.41) is 5.95. The number of carbonyl (C=O) groups is 1. The maximum absolute atomic E-state index is 12.0. The van der Waals surface area contributed by atoms with Crippen molar-refractivity contribution in [3.63, 3.8) is 0 Å². The lowest BCUT2D eigenvalue weighted by molar-refractivity contribution is 0.0953. The number of hydrogen-bond donors (Lipinski definition) is 4. The topological polar surface area (TPSA) is 129 Å². The van der Waals surface area contributed by atoms with E-state index in [-0.39, 0.29) is 22.5 Å². The molecule has 0 aromatic carbocycles. The number of ether oxygens (including phenoxy) is 1. The Bertz CT molecular complexity index is 767. The summed E-state index contributed by atoms with van der Waals surface area (Å²) in [6.07, 6.45) is 1.31. The zero-order chi connectivity index (χ0) is 15.9. The van der Waals surface area contributed by atoms with Crippen LogP contribution in [-0.4, -0.2) is 54.2 Å². The van der Waals surface area contributed by atoms with Gasteiger partial charge in [-0.3, -0.25) is 19.6 Å². The maximum Gasteiger partial charge on any atom is 0.327 e. The van der Waals surface area contributed by atoms with E-state index in [0.717, 1.165) is 0 Å². The molecule has 9 nitrogen and oxygen atoms in total. The van der Waals surface area contributed by atoms with Crippen molar-refractivity contribution in [2.75, 3.05) is 33.4 Å². The average Bonchev–Trinajstić information content (AvgIpc) is 2.50. The van der Waals surface area contributed by atoms with Crippen molar-refractivity contribution >= 4 is 16.9 Å². The molecule has 2 aromatic heterocycles. The monoisotopic (exact) mass is 307 g/mol. The average molecular weight is 307 g/mol. The first-order chi connectivity index (χ1) is 10.6. The number of aromatic nitrogens is 3. The SMILES string of the molecule is COCCNCCNC(=O)c1cnc2[nH]c(=O)[nH]c(=O)c2c1. The van der Waals surface area contributed by atoms with Crippen molar-refractivity contribution in [1.29, 1.82) is 0 Å².